The van der Waals surface area contributed by atoms with Crippen LogP contribution in [0.25, 0.3) is 0 Å². The van der Waals surface area contributed by atoms with Crippen LogP contribution in [0.5, 0.6) is 11.5 Å². The molecule has 0 heterocycles. The highest BCUT2D eigenvalue weighted by molar-refractivity contribution is 9.09. The fourth-order valence-electron chi connectivity index (χ4n) is 1.64. The van der Waals surface area contributed by atoms with Gasteiger partial charge in [-0.3, -0.25) is 0 Å². The first-order valence-corrected chi connectivity index (χ1v) is 7.37. The summed E-state index contributed by atoms with van der Waals surface area (Å²) in [7, 11) is 0. The maximum Gasteiger partial charge on any atom is 0.390 e. The van der Waals surface area contributed by atoms with Crippen LogP contribution in [-0.2, 0) is 0 Å². The molecule has 0 fully saturated rings. The standard InChI is InChI=1S/C13H15BrClF3O2/c1-3-19-11-5-8(9(14)7-13(16,17)18)10(15)6-12(11)20-4-2/h5-6,9H,3-4,7H2,1-2H3. The molecular weight excluding hydrogens is 360 g/mol. The van der Waals surface area contributed by atoms with Gasteiger partial charge in [0.25, 0.3) is 0 Å². The topological polar surface area (TPSA) is 18.5 Å². The second-order valence-corrected chi connectivity index (χ2v) is 5.49. The van der Waals surface area contributed by atoms with Crippen LogP contribution in [0.15, 0.2) is 12.1 Å². The molecule has 0 spiro atoms. The largest absolute Gasteiger partial charge is 0.490 e. The highest BCUT2D eigenvalue weighted by Crippen LogP contribution is 2.43. The number of benzene rings is 1. The summed E-state index contributed by atoms with van der Waals surface area (Å²) in [6, 6.07) is 2.97. The Morgan fingerprint density at radius 3 is 2.10 bits per heavy atom. The molecule has 114 valence electrons. The van der Waals surface area contributed by atoms with Crippen molar-refractivity contribution in [1.29, 1.82) is 0 Å². The second-order valence-electron chi connectivity index (χ2n) is 3.97. The van der Waals surface area contributed by atoms with Crippen molar-refractivity contribution in [3.05, 3.63) is 22.7 Å². The van der Waals surface area contributed by atoms with Crippen molar-refractivity contribution in [1.82, 2.24) is 0 Å². The molecule has 0 aromatic heterocycles. The van der Waals surface area contributed by atoms with Crippen LogP contribution in [0, 0.1) is 0 Å². The molecule has 1 aromatic carbocycles. The van der Waals surface area contributed by atoms with Crippen molar-refractivity contribution in [2.75, 3.05) is 13.2 Å². The zero-order chi connectivity index (χ0) is 15.3. The van der Waals surface area contributed by atoms with Gasteiger partial charge >= 0.3 is 6.18 Å². The van der Waals surface area contributed by atoms with E-state index in [9.17, 15) is 13.2 Å². The molecule has 0 N–H and O–H groups in total. The van der Waals surface area contributed by atoms with E-state index in [0.29, 0.717) is 30.3 Å². The molecule has 0 saturated heterocycles. The lowest BCUT2D eigenvalue weighted by atomic mass is 10.1. The molecule has 0 saturated carbocycles. The van der Waals surface area contributed by atoms with Gasteiger partial charge in [-0.1, -0.05) is 27.5 Å². The highest BCUT2D eigenvalue weighted by Gasteiger charge is 2.32. The Balaban J connectivity index is 3.10. The van der Waals surface area contributed by atoms with Crippen molar-refractivity contribution in [2.45, 2.75) is 31.3 Å². The summed E-state index contributed by atoms with van der Waals surface area (Å²) < 4.78 is 48.1. The maximum atomic E-state index is 12.4. The zero-order valence-corrected chi connectivity index (χ0v) is 13.4. The third kappa shape index (κ3) is 5.05. The Labute approximate surface area is 129 Å². The van der Waals surface area contributed by atoms with Gasteiger partial charge in [0.2, 0.25) is 0 Å². The fraction of sp³-hybridized carbons (Fsp3) is 0.538. The van der Waals surface area contributed by atoms with E-state index in [2.05, 4.69) is 15.9 Å². The van der Waals surface area contributed by atoms with E-state index in [1.54, 1.807) is 13.8 Å². The summed E-state index contributed by atoms with van der Waals surface area (Å²) in [6.45, 7) is 4.38. The SMILES string of the molecule is CCOc1cc(Cl)c(C(Br)CC(F)(F)F)cc1OCC. The lowest BCUT2D eigenvalue weighted by Crippen LogP contribution is -2.11. The van der Waals surface area contributed by atoms with E-state index in [1.165, 1.54) is 12.1 Å². The first-order chi connectivity index (χ1) is 9.28. The van der Waals surface area contributed by atoms with E-state index >= 15 is 0 Å². The van der Waals surface area contributed by atoms with E-state index in [4.69, 9.17) is 21.1 Å². The molecular formula is C13H15BrClF3O2. The predicted octanol–water partition coefficient (Wildman–Crippen LogP) is 5.53. The molecule has 2 nitrogen and oxygen atoms in total. The van der Waals surface area contributed by atoms with E-state index in [1.807, 2.05) is 0 Å². The lowest BCUT2D eigenvalue weighted by Gasteiger charge is -2.18. The lowest BCUT2D eigenvalue weighted by molar-refractivity contribution is -0.134. The second kappa shape index (κ2) is 7.41. The molecule has 1 aromatic rings. The predicted molar refractivity (Wildman–Crippen MR) is 76.1 cm³/mol. The van der Waals surface area contributed by atoms with Gasteiger partial charge in [0.1, 0.15) is 0 Å². The van der Waals surface area contributed by atoms with Crippen LogP contribution in [0.1, 0.15) is 30.7 Å². The summed E-state index contributed by atoms with van der Waals surface area (Å²) in [6.07, 6.45) is -5.28. The van der Waals surface area contributed by atoms with Crippen LogP contribution in [0.3, 0.4) is 0 Å². The van der Waals surface area contributed by atoms with E-state index in [0.717, 1.165) is 0 Å². The highest BCUT2D eigenvalue weighted by atomic mass is 79.9. The van der Waals surface area contributed by atoms with Crippen LogP contribution in [0.4, 0.5) is 13.2 Å². The Kier molecular flexibility index (Phi) is 6.45. The molecule has 7 heteroatoms. The fourth-order valence-corrected chi connectivity index (χ4v) is 2.80. The molecule has 0 bridgehead atoms. The average Bonchev–Trinajstić information content (AvgIpc) is 2.30. The monoisotopic (exact) mass is 374 g/mol. The van der Waals surface area contributed by atoms with Gasteiger partial charge in [-0.15, -0.1) is 0 Å². The molecule has 0 aliphatic carbocycles. The molecule has 1 rings (SSSR count). The molecule has 20 heavy (non-hydrogen) atoms. The van der Waals surface area contributed by atoms with Gasteiger partial charge in [0.15, 0.2) is 11.5 Å². The Morgan fingerprint density at radius 1 is 1.15 bits per heavy atom. The summed E-state index contributed by atoms with van der Waals surface area (Å²) in [5.74, 6) is 0.815. The van der Waals surface area contributed by atoms with Crippen LogP contribution in [-0.4, -0.2) is 19.4 Å². The summed E-state index contributed by atoms with van der Waals surface area (Å²) >= 11 is 9.05. The first-order valence-electron chi connectivity index (χ1n) is 6.08. The molecule has 0 aliphatic rings. The minimum Gasteiger partial charge on any atom is -0.490 e. The van der Waals surface area contributed by atoms with Crippen LogP contribution >= 0.6 is 27.5 Å². The quantitative estimate of drug-likeness (QED) is 0.609. The number of hydrogen-bond donors (Lipinski definition) is 0. The third-order valence-corrected chi connectivity index (χ3v) is 3.56. The summed E-state index contributed by atoms with van der Waals surface area (Å²) in [5, 5.41) is 0.211. The number of alkyl halides is 4. The number of rotatable bonds is 6. The van der Waals surface area contributed by atoms with Crippen molar-refractivity contribution in [2.24, 2.45) is 0 Å². The van der Waals surface area contributed by atoms with Crippen molar-refractivity contribution in [3.63, 3.8) is 0 Å². The molecule has 0 radical (unpaired) electrons. The van der Waals surface area contributed by atoms with Crippen molar-refractivity contribution < 1.29 is 22.6 Å². The van der Waals surface area contributed by atoms with Crippen LogP contribution in [0.2, 0.25) is 5.02 Å². The minimum absolute atomic E-state index is 0.211. The van der Waals surface area contributed by atoms with Gasteiger partial charge in [0.05, 0.1) is 19.6 Å². The van der Waals surface area contributed by atoms with E-state index < -0.39 is 17.4 Å². The molecule has 1 atom stereocenters. The van der Waals surface area contributed by atoms with Crippen molar-refractivity contribution in [3.8, 4) is 11.5 Å². The smallest absolute Gasteiger partial charge is 0.390 e. The molecule has 1 unspecified atom stereocenters. The third-order valence-electron chi connectivity index (χ3n) is 2.41. The van der Waals surface area contributed by atoms with Gasteiger partial charge in [-0.2, -0.15) is 13.2 Å². The first kappa shape index (κ1) is 17.4. The van der Waals surface area contributed by atoms with Crippen LogP contribution < -0.4 is 9.47 Å². The normalized spacial score (nSPS) is 13.2. The average molecular weight is 376 g/mol. The number of hydrogen-bond acceptors (Lipinski definition) is 2. The molecule has 0 amide bonds. The van der Waals surface area contributed by atoms with Crippen molar-refractivity contribution >= 4 is 27.5 Å². The Bertz CT molecular complexity index is 452. The zero-order valence-electron chi connectivity index (χ0n) is 11.1. The van der Waals surface area contributed by atoms with Gasteiger partial charge in [0, 0.05) is 15.9 Å². The van der Waals surface area contributed by atoms with Gasteiger partial charge in [-0.05, 0) is 25.5 Å². The summed E-state index contributed by atoms with van der Waals surface area (Å²) in [5.41, 5.74) is 0.330. The maximum absolute atomic E-state index is 12.4. The summed E-state index contributed by atoms with van der Waals surface area (Å²) in [4.78, 5) is -0.926. The Hall–Kier alpha value is -0.620. The number of ether oxygens (including phenoxy) is 2. The minimum atomic E-state index is -4.28. The van der Waals surface area contributed by atoms with E-state index in [-0.39, 0.29) is 5.02 Å². The Morgan fingerprint density at radius 2 is 1.65 bits per heavy atom. The van der Waals surface area contributed by atoms with Gasteiger partial charge in [-0.25, -0.2) is 0 Å². The number of halogens is 5. The molecule has 0 aliphatic heterocycles. The van der Waals surface area contributed by atoms with Gasteiger partial charge < -0.3 is 9.47 Å².